The van der Waals surface area contributed by atoms with Crippen molar-refractivity contribution in [2.45, 2.75) is 39.9 Å². The summed E-state index contributed by atoms with van der Waals surface area (Å²) in [7, 11) is 0. The van der Waals surface area contributed by atoms with Crippen molar-refractivity contribution >= 4 is 46.4 Å². The molecule has 5 heterocycles. The molecule has 0 saturated heterocycles. The van der Waals surface area contributed by atoms with Gasteiger partial charge in [0.15, 0.2) is 11.5 Å². The molecule has 0 spiro atoms. The van der Waals surface area contributed by atoms with E-state index < -0.39 is 21.7 Å². The Kier molecular flexibility index (Phi) is 8.19. The summed E-state index contributed by atoms with van der Waals surface area (Å²) in [5, 5.41) is 0. The fraction of sp³-hybridized carbons (Fsp3) is 0.130. The van der Waals surface area contributed by atoms with Gasteiger partial charge in [-0.05, 0) is 87.4 Å². The van der Waals surface area contributed by atoms with Crippen LogP contribution in [0.25, 0.3) is 90.9 Å². The van der Waals surface area contributed by atoms with Crippen molar-refractivity contribution in [1.82, 2.24) is 19.9 Å². The summed E-state index contributed by atoms with van der Waals surface area (Å²) in [5.41, 5.74) is 6.27. The van der Waals surface area contributed by atoms with E-state index in [1.165, 1.54) is 0 Å². The normalized spacial score (nSPS) is 12.4. The fourth-order valence-corrected chi connectivity index (χ4v) is 7.44. The molecule has 0 atom stereocenters. The molecular weight excluding hydrogens is 705 g/mol. The second-order valence-electron chi connectivity index (χ2n) is 14.3. The smallest absolute Gasteiger partial charge is 0.268 e. The van der Waals surface area contributed by atoms with Crippen LogP contribution in [0, 0.1) is 0 Å². The highest BCUT2D eigenvalue weighted by Crippen LogP contribution is 2.40. The van der Waals surface area contributed by atoms with E-state index in [9.17, 15) is 19.2 Å². The molecule has 2 N–H and O–H groups in total. The Morgan fingerprint density at radius 2 is 0.732 bits per heavy atom. The van der Waals surface area contributed by atoms with Crippen molar-refractivity contribution in [2.75, 3.05) is 0 Å². The average Bonchev–Trinajstić information content (AvgIpc) is 4.04. The van der Waals surface area contributed by atoms with Crippen molar-refractivity contribution in [3.8, 4) is 56.0 Å². The van der Waals surface area contributed by atoms with Gasteiger partial charge in [0, 0.05) is 44.3 Å². The van der Waals surface area contributed by atoms with E-state index in [0.717, 1.165) is 22.3 Å². The van der Waals surface area contributed by atoms with Gasteiger partial charge in [-0.1, -0.05) is 60.7 Å². The van der Waals surface area contributed by atoms with Gasteiger partial charge in [0.1, 0.15) is 0 Å². The van der Waals surface area contributed by atoms with E-state index in [1.807, 2.05) is 109 Å². The summed E-state index contributed by atoms with van der Waals surface area (Å²) in [4.78, 5) is 70.3. The molecule has 0 aliphatic carbocycles. The number of ether oxygens (including phenoxy) is 2. The molecule has 0 unspecified atom stereocenters. The number of benzene rings is 2. The number of nitrogens with one attached hydrogen (secondary N) is 2. The molecule has 8 bridgehead atoms. The second kappa shape index (κ2) is 13.3. The van der Waals surface area contributed by atoms with Crippen molar-refractivity contribution in [3.63, 3.8) is 0 Å². The number of aromatic amines is 2. The third-order valence-electron chi connectivity index (χ3n) is 9.82. The maximum absolute atomic E-state index is 13.5. The number of aromatic nitrogens is 4. The fourth-order valence-electron chi connectivity index (χ4n) is 7.44. The van der Waals surface area contributed by atoms with Crippen LogP contribution in [-0.4, -0.2) is 32.1 Å². The first-order valence-corrected chi connectivity index (χ1v) is 18.4. The predicted octanol–water partition coefficient (Wildman–Crippen LogP) is 8.09. The van der Waals surface area contributed by atoms with Gasteiger partial charge >= 0.3 is 0 Å². The quantitative estimate of drug-likeness (QED) is 0.149. The van der Waals surface area contributed by atoms with Crippen molar-refractivity contribution in [3.05, 3.63) is 149 Å². The first-order chi connectivity index (χ1) is 27.1. The van der Waals surface area contributed by atoms with Gasteiger partial charge in [-0.2, -0.15) is 0 Å². The number of hydrogen-bond acceptors (Lipinski definition) is 8. The molecule has 0 radical (unpaired) electrons. The van der Waals surface area contributed by atoms with Crippen molar-refractivity contribution in [2.24, 2.45) is 0 Å². The van der Waals surface area contributed by atoms with Crippen molar-refractivity contribution in [1.29, 1.82) is 0 Å². The van der Waals surface area contributed by atoms with E-state index in [2.05, 4.69) is 9.97 Å². The Morgan fingerprint density at radius 3 is 1.07 bits per heavy atom. The van der Waals surface area contributed by atoms with Crippen LogP contribution in [0.2, 0.25) is 0 Å². The zero-order chi connectivity index (χ0) is 38.8. The standard InChI is InChI=1S/C46H34N4O6/c1-23(2)55-45-39(41(51)43(45)53)37-31-19-15-27(47-31)35(25-11-7-5-8-12-25)29-17-21-33(49-29)38(40-42(52)44(54)46(40)56-24(3)4)34-22-18-30(50-34)36(26-13-9-6-10-14-26)28-16-20-32(37)48-28/h5-24,47,50H,1-4H3. The highest BCUT2D eigenvalue weighted by Gasteiger charge is 2.31. The molecule has 0 fully saturated rings. The van der Waals surface area contributed by atoms with Crippen LogP contribution in [0.5, 0.6) is 11.5 Å². The van der Waals surface area contributed by atoms with Crippen LogP contribution in [0.1, 0.15) is 50.5 Å². The van der Waals surface area contributed by atoms with Gasteiger partial charge < -0.3 is 19.4 Å². The summed E-state index contributed by atoms with van der Waals surface area (Å²) in [6.45, 7) is 7.22. The zero-order valence-electron chi connectivity index (χ0n) is 30.9. The van der Waals surface area contributed by atoms with Crippen molar-refractivity contribution < 1.29 is 9.47 Å². The molecule has 4 aromatic carbocycles. The molecule has 10 heteroatoms. The average molecular weight is 739 g/mol. The number of rotatable bonds is 8. The Bertz CT molecular complexity index is 2900. The van der Waals surface area contributed by atoms with Crippen LogP contribution in [0.3, 0.4) is 0 Å². The van der Waals surface area contributed by atoms with Gasteiger partial charge in [0.05, 0.1) is 46.1 Å². The van der Waals surface area contributed by atoms with E-state index in [1.54, 1.807) is 27.7 Å². The zero-order valence-corrected chi connectivity index (χ0v) is 30.9. The van der Waals surface area contributed by atoms with Crippen LogP contribution < -0.4 is 31.2 Å². The number of nitrogens with zero attached hydrogens (tertiary/aromatic N) is 2. The molecule has 2 aliphatic rings. The maximum atomic E-state index is 13.5. The number of H-pyrrole nitrogens is 2. The molecule has 0 amide bonds. The van der Waals surface area contributed by atoms with Gasteiger partial charge in [0.2, 0.25) is 10.9 Å². The lowest BCUT2D eigenvalue weighted by Gasteiger charge is -2.16. The third-order valence-corrected chi connectivity index (χ3v) is 9.82. The summed E-state index contributed by atoms with van der Waals surface area (Å²) in [6, 6.07) is 27.0. The van der Waals surface area contributed by atoms with Gasteiger partial charge in [0.25, 0.3) is 10.9 Å². The Morgan fingerprint density at radius 1 is 0.411 bits per heavy atom. The maximum Gasteiger partial charge on any atom is 0.268 e. The minimum Gasteiger partial charge on any atom is -0.486 e. The van der Waals surface area contributed by atoms with Crippen LogP contribution >= 0.6 is 0 Å². The van der Waals surface area contributed by atoms with Crippen LogP contribution in [0.15, 0.2) is 104 Å². The molecule has 274 valence electrons. The minimum absolute atomic E-state index is 0.00758. The molecule has 9 rings (SSSR count). The molecule has 0 saturated carbocycles. The van der Waals surface area contributed by atoms with Gasteiger partial charge in [-0.3, -0.25) is 19.2 Å². The highest BCUT2D eigenvalue weighted by molar-refractivity contribution is 6.01. The summed E-state index contributed by atoms with van der Waals surface area (Å²) < 4.78 is 11.9. The van der Waals surface area contributed by atoms with Gasteiger partial charge in [-0.15, -0.1) is 0 Å². The van der Waals surface area contributed by atoms with Gasteiger partial charge in [-0.25, -0.2) is 9.97 Å². The lowest BCUT2D eigenvalue weighted by molar-refractivity contribution is 0.238. The first-order valence-electron chi connectivity index (χ1n) is 18.4. The topological polar surface area (TPSA) is 144 Å². The SMILES string of the molecule is CC(C)Oc1c(-c2c3nc(c(-c4ccccc4)c4ccc([nH]4)c(-c4c(OC(C)C)c(=O)c4=O)c4nc(c(-c5ccccc5)c5ccc2[nH]5)C=C4)C=C3)c(=O)c1=O. The highest BCUT2D eigenvalue weighted by atomic mass is 16.5. The molecular formula is C46H34N4O6. The van der Waals surface area contributed by atoms with Crippen LogP contribution in [-0.2, 0) is 0 Å². The molecule has 56 heavy (non-hydrogen) atoms. The van der Waals surface area contributed by atoms with Crippen LogP contribution in [0.4, 0.5) is 0 Å². The Labute approximate surface area is 319 Å². The Hall–Kier alpha value is -7.20. The summed E-state index contributed by atoms with van der Waals surface area (Å²) in [5.74, 6) is 0.0152. The lowest BCUT2D eigenvalue weighted by Crippen LogP contribution is -2.36. The first kappa shape index (κ1) is 34.6. The second-order valence-corrected chi connectivity index (χ2v) is 14.3. The monoisotopic (exact) mass is 738 g/mol. The summed E-state index contributed by atoms with van der Waals surface area (Å²) in [6.07, 6.45) is 6.71. The van der Waals surface area contributed by atoms with E-state index in [-0.39, 0.29) is 34.8 Å². The molecule has 7 aromatic rings. The van der Waals surface area contributed by atoms with E-state index >= 15 is 0 Å². The largest absolute Gasteiger partial charge is 0.486 e. The van der Waals surface area contributed by atoms with E-state index in [0.29, 0.717) is 56.0 Å². The molecule has 3 aromatic heterocycles. The van der Waals surface area contributed by atoms with E-state index in [4.69, 9.17) is 19.4 Å². The lowest BCUT2D eigenvalue weighted by atomic mass is 9.98. The number of fused-ring (bicyclic) bond motifs is 8. The minimum atomic E-state index is -0.678. The number of hydrogen-bond donors (Lipinski definition) is 2. The molecule has 10 nitrogen and oxygen atoms in total. The molecule has 2 aliphatic heterocycles. The summed E-state index contributed by atoms with van der Waals surface area (Å²) >= 11 is 0. The predicted molar refractivity (Wildman–Crippen MR) is 222 cm³/mol. The Balaban J connectivity index is 1.48. The third kappa shape index (κ3) is 5.57.